The van der Waals surface area contributed by atoms with Gasteiger partial charge in [-0.2, -0.15) is 0 Å². The van der Waals surface area contributed by atoms with E-state index in [0.717, 1.165) is 18.5 Å². The number of urea groups is 1. The molecule has 1 saturated heterocycles. The van der Waals surface area contributed by atoms with Gasteiger partial charge in [0, 0.05) is 24.6 Å². The highest BCUT2D eigenvalue weighted by molar-refractivity contribution is 5.89. The first-order chi connectivity index (χ1) is 7.81. The molecule has 0 spiro atoms. The Kier molecular flexibility index (Phi) is 3.36. The van der Waals surface area contributed by atoms with E-state index >= 15 is 0 Å². The predicted molar refractivity (Wildman–Crippen MR) is 60.1 cm³/mol. The maximum atomic E-state index is 11.9. The van der Waals surface area contributed by atoms with E-state index in [1.807, 2.05) is 0 Å². The molecule has 2 heterocycles. The summed E-state index contributed by atoms with van der Waals surface area (Å²) in [6.45, 7) is 0.742. The molecular formula is C11H15N3O2. The number of amides is 2. The number of aliphatic hydroxyl groups excluding tert-OH is 1. The number of anilines is 1. The largest absolute Gasteiger partial charge is 0.394 e. The van der Waals surface area contributed by atoms with Crippen LogP contribution in [0.2, 0.25) is 0 Å². The Morgan fingerprint density at radius 2 is 2.31 bits per heavy atom. The van der Waals surface area contributed by atoms with Crippen molar-refractivity contribution in [1.29, 1.82) is 0 Å². The van der Waals surface area contributed by atoms with Gasteiger partial charge < -0.3 is 15.3 Å². The quantitative estimate of drug-likeness (QED) is 0.785. The summed E-state index contributed by atoms with van der Waals surface area (Å²) in [7, 11) is 0. The van der Waals surface area contributed by atoms with Crippen LogP contribution >= 0.6 is 0 Å². The lowest BCUT2D eigenvalue weighted by molar-refractivity contribution is 0.166. The predicted octanol–water partition coefficient (Wildman–Crippen LogP) is 1.07. The second-order valence-electron chi connectivity index (χ2n) is 3.84. The lowest BCUT2D eigenvalue weighted by atomic mass is 10.2. The molecule has 1 fully saturated rings. The van der Waals surface area contributed by atoms with Gasteiger partial charge in [0.15, 0.2) is 0 Å². The van der Waals surface area contributed by atoms with Crippen molar-refractivity contribution in [2.24, 2.45) is 0 Å². The average Bonchev–Trinajstić information content (AvgIpc) is 2.78. The Morgan fingerprint density at radius 3 is 3.00 bits per heavy atom. The summed E-state index contributed by atoms with van der Waals surface area (Å²) in [5.41, 5.74) is 0.726. The van der Waals surface area contributed by atoms with Gasteiger partial charge in [0.25, 0.3) is 0 Å². The van der Waals surface area contributed by atoms with Crippen molar-refractivity contribution in [3.8, 4) is 0 Å². The first kappa shape index (κ1) is 10.9. The number of pyridine rings is 1. The van der Waals surface area contributed by atoms with Crippen LogP contribution in [0.5, 0.6) is 0 Å². The van der Waals surface area contributed by atoms with Crippen LogP contribution in [0, 0.1) is 0 Å². The number of rotatable bonds is 2. The number of carbonyl (C=O) groups is 1. The number of nitrogens with one attached hydrogen (secondary N) is 1. The third-order valence-electron chi connectivity index (χ3n) is 2.78. The minimum atomic E-state index is -0.150. The van der Waals surface area contributed by atoms with Gasteiger partial charge in [-0.15, -0.1) is 0 Å². The zero-order chi connectivity index (χ0) is 11.4. The molecule has 0 radical (unpaired) electrons. The van der Waals surface area contributed by atoms with Crippen LogP contribution in [-0.4, -0.2) is 40.2 Å². The molecule has 1 aliphatic heterocycles. The number of hydrogen-bond donors (Lipinski definition) is 2. The van der Waals surface area contributed by atoms with E-state index in [9.17, 15) is 4.79 Å². The fraction of sp³-hybridized carbons (Fsp3) is 0.455. The van der Waals surface area contributed by atoms with E-state index in [1.165, 1.54) is 0 Å². The summed E-state index contributed by atoms with van der Waals surface area (Å²) in [6, 6.07) is 3.29. The van der Waals surface area contributed by atoms with Gasteiger partial charge in [-0.05, 0) is 25.0 Å². The molecule has 16 heavy (non-hydrogen) atoms. The van der Waals surface area contributed by atoms with E-state index in [4.69, 9.17) is 5.11 Å². The van der Waals surface area contributed by atoms with E-state index in [0.29, 0.717) is 6.54 Å². The number of carbonyl (C=O) groups excluding carboxylic acids is 1. The van der Waals surface area contributed by atoms with Gasteiger partial charge in [-0.1, -0.05) is 0 Å². The Morgan fingerprint density at radius 1 is 1.56 bits per heavy atom. The monoisotopic (exact) mass is 221 g/mol. The molecule has 0 unspecified atom stereocenters. The van der Waals surface area contributed by atoms with Crippen molar-refractivity contribution >= 4 is 11.7 Å². The van der Waals surface area contributed by atoms with E-state index < -0.39 is 0 Å². The van der Waals surface area contributed by atoms with Crippen LogP contribution in [-0.2, 0) is 0 Å². The molecule has 0 saturated carbocycles. The highest BCUT2D eigenvalue weighted by Gasteiger charge is 2.27. The maximum absolute atomic E-state index is 11.9. The second-order valence-corrected chi connectivity index (χ2v) is 3.84. The van der Waals surface area contributed by atoms with Crippen molar-refractivity contribution in [3.63, 3.8) is 0 Å². The maximum Gasteiger partial charge on any atom is 0.322 e. The molecule has 1 atom stereocenters. The van der Waals surface area contributed by atoms with Gasteiger partial charge in [-0.3, -0.25) is 4.98 Å². The summed E-state index contributed by atoms with van der Waals surface area (Å²) in [6.07, 6.45) is 5.08. The topological polar surface area (TPSA) is 65.5 Å². The van der Waals surface area contributed by atoms with Crippen LogP contribution < -0.4 is 5.32 Å². The van der Waals surface area contributed by atoms with Crippen LogP contribution in [0.1, 0.15) is 12.8 Å². The lowest BCUT2D eigenvalue weighted by Crippen LogP contribution is -2.40. The van der Waals surface area contributed by atoms with Crippen LogP contribution in [0.25, 0.3) is 0 Å². The average molecular weight is 221 g/mol. The smallest absolute Gasteiger partial charge is 0.322 e. The van der Waals surface area contributed by atoms with Gasteiger partial charge >= 0.3 is 6.03 Å². The summed E-state index contributed by atoms with van der Waals surface area (Å²) >= 11 is 0. The van der Waals surface area contributed by atoms with Crippen LogP contribution in [0.15, 0.2) is 24.5 Å². The molecule has 2 rings (SSSR count). The molecule has 0 aromatic carbocycles. The van der Waals surface area contributed by atoms with Crippen LogP contribution in [0.4, 0.5) is 10.5 Å². The standard InChI is InChI=1S/C11H15N3O2/c15-8-10-2-1-7-14(10)11(16)13-9-3-5-12-6-4-9/h3-6,10,15H,1-2,7-8H2,(H,12,13,16)/t10-/m1/s1. The summed E-state index contributed by atoms with van der Waals surface area (Å²) in [4.78, 5) is 17.4. The van der Waals surface area contributed by atoms with E-state index in [2.05, 4.69) is 10.3 Å². The summed E-state index contributed by atoms with van der Waals surface area (Å²) < 4.78 is 0. The minimum absolute atomic E-state index is 0.0315. The van der Waals surface area contributed by atoms with Crippen molar-refractivity contribution in [2.75, 3.05) is 18.5 Å². The highest BCUT2D eigenvalue weighted by Crippen LogP contribution is 2.18. The number of nitrogens with zero attached hydrogens (tertiary/aromatic N) is 2. The number of aliphatic hydroxyl groups is 1. The molecule has 2 N–H and O–H groups in total. The van der Waals surface area contributed by atoms with Gasteiger partial charge in [0.05, 0.1) is 12.6 Å². The lowest BCUT2D eigenvalue weighted by Gasteiger charge is -2.23. The first-order valence-electron chi connectivity index (χ1n) is 5.40. The molecule has 1 aromatic heterocycles. The highest BCUT2D eigenvalue weighted by atomic mass is 16.3. The van der Waals surface area contributed by atoms with Gasteiger partial charge in [-0.25, -0.2) is 4.79 Å². The normalized spacial score (nSPS) is 19.8. The molecular weight excluding hydrogens is 206 g/mol. The van der Waals surface area contributed by atoms with Gasteiger partial charge in [0.2, 0.25) is 0 Å². The molecule has 2 amide bonds. The fourth-order valence-corrected chi connectivity index (χ4v) is 1.92. The zero-order valence-corrected chi connectivity index (χ0v) is 8.97. The Hall–Kier alpha value is -1.62. The number of aromatic nitrogens is 1. The number of likely N-dealkylation sites (tertiary alicyclic amines) is 1. The van der Waals surface area contributed by atoms with Gasteiger partial charge in [0.1, 0.15) is 0 Å². The van der Waals surface area contributed by atoms with Crippen molar-refractivity contribution in [2.45, 2.75) is 18.9 Å². The Labute approximate surface area is 94.1 Å². The van der Waals surface area contributed by atoms with E-state index in [-0.39, 0.29) is 18.7 Å². The fourth-order valence-electron chi connectivity index (χ4n) is 1.92. The second kappa shape index (κ2) is 4.94. The van der Waals surface area contributed by atoms with Crippen LogP contribution in [0.3, 0.4) is 0 Å². The Balaban J connectivity index is 1.98. The Bertz CT molecular complexity index is 356. The third kappa shape index (κ3) is 2.30. The zero-order valence-electron chi connectivity index (χ0n) is 8.97. The van der Waals surface area contributed by atoms with Crippen molar-refractivity contribution < 1.29 is 9.90 Å². The summed E-state index contributed by atoms with van der Waals surface area (Å²) in [5.74, 6) is 0. The summed E-state index contributed by atoms with van der Waals surface area (Å²) in [5, 5.41) is 11.9. The SMILES string of the molecule is O=C(Nc1ccncc1)N1CCC[C@@H]1CO. The molecule has 5 nitrogen and oxygen atoms in total. The first-order valence-corrected chi connectivity index (χ1v) is 5.40. The molecule has 1 aromatic rings. The van der Waals surface area contributed by atoms with Crippen molar-refractivity contribution in [1.82, 2.24) is 9.88 Å². The molecule has 0 aliphatic carbocycles. The van der Waals surface area contributed by atoms with Crippen molar-refractivity contribution in [3.05, 3.63) is 24.5 Å². The van der Waals surface area contributed by atoms with E-state index in [1.54, 1.807) is 29.4 Å². The third-order valence-corrected chi connectivity index (χ3v) is 2.78. The molecule has 0 bridgehead atoms. The molecule has 86 valence electrons. The molecule has 1 aliphatic rings. The minimum Gasteiger partial charge on any atom is -0.394 e. The molecule has 5 heteroatoms. The number of hydrogen-bond acceptors (Lipinski definition) is 3.